The molecular weight excluding hydrogens is 280 g/mol. The van der Waals surface area contributed by atoms with Crippen molar-refractivity contribution >= 4 is 5.97 Å². The number of hydrogen-bond acceptors (Lipinski definition) is 4. The average Bonchev–Trinajstić information content (AvgIpc) is 2.55. The van der Waals surface area contributed by atoms with Crippen molar-refractivity contribution in [2.24, 2.45) is 0 Å². The highest BCUT2D eigenvalue weighted by Crippen LogP contribution is 2.32. The monoisotopic (exact) mass is 306 g/mol. The highest BCUT2D eigenvalue weighted by atomic mass is 16.6. The number of benzene rings is 1. The van der Waals surface area contributed by atoms with Gasteiger partial charge in [0.25, 0.3) is 0 Å². The molecule has 0 aliphatic carbocycles. The second-order valence-corrected chi connectivity index (χ2v) is 6.12. The Bertz CT molecular complexity index is 518. The quantitative estimate of drug-likeness (QED) is 0.835. The second kappa shape index (κ2) is 7.14. The predicted octanol–water partition coefficient (Wildman–Crippen LogP) is 4.02. The Kier molecular flexibility index (Phi) is 5.46. The van der Waals surface area contributed by atoms with Crippen LogP contribution < -0.4 is 0 Å². The van der Waals surface area contributed by atoms with Crippen LogP contribution in [0, 0.1) is 0 Å². The molecule has 4 nitrogen and oxygen atoms in total. The molecule has 4 heteroatoms. The van der Waals surface area contributed by atoms with Gasteiger partial charge in [0, 0.05) is 12.8 Å². The molecule has 22 heavy (non-hydrogen) atoms. The number of carbonyl (C=O) groups excluding carboxylic acids is 1. The van der Waals surface area contributed by atoms with E-state index in [0.29, 0.717) is 32.0 Å². The first-order chi connectivity index (χ1) is 10.5. The van der Waals surface area contributed by atoms with Gasteiger partial charge < -0.3 is 14.6 Å². The summed E-state index contributed by atoms with van der Waals surface area (Å²) in [7, 11) is 0. The van der Waals surface area contributed by atoms with Gasteiger partial charge >= 0.3 is 5.97 Å². The number of rotatable bonds is 5. The van der Waals surface area contributed by atoms with Crippen molar-refractivity contribution in [3.8, 4) is 5.75 Å². The van der Waals surface area contributed by atoms with Crippen LogP contribution in [0.2, 0.25) is 0 Å². The zero-order valence-electron chi connectivity index (χ0n) is 13.7. The van der Waals surface area contributed by atoms with E-state index < -0.39 is 11.6 Å². The molecule has 0 spiro atoms. The maximum absolute atomic E-state index is 12.5. The summed E-state index contributed by atoms with van der Waals surface area (Å²) < 4.78 is 11.1. The zero-order chi connectivity index (χ0) is 16.2. The van der Waals surface area contributed by atoms with Crippen LogP contribution in [0.25, 0.3) is 0 Å². The van der Waals surface area contributed by atoms with E-state index in [0.717, 1.165) is 18.4 Å². The minimum atomic E-state index is -0.464. The topological polar surface area (TPSA) is 55.8 Å². The first-order valence-electron chi connectivity index (χ1n) is 8.15. The lowest BCUT2D eigenvalue weighted by Crippen LogP contribution is -2.40. The van der Waals surface area contributed by atoms with E-state index in [1.165, 1.54) is 0 Å². The number of hydrogen-bond donors (Lipinski definition) is 1. The summed E-state index contributed by atoms with van der Waals surface area (Å²) >= 11 is 0. The van der Waals surface area contributed by atoms with Crippen molar-refractivity contribution in [1.82, 2.24) is 0 Å². The molecule has 1 aromatic rings. The second-order valence-electron chi connectivity index (χ2n) is 6.12. The molecule has 0 bridgehead atoms. The lowest BCUT2D eigenvalue weighted by atomic mass is 9.91. The van der Waals surface area contributed by atoms with Crippen LogP contribution >= 0.6 is 0 Å². The zero-order valence-corrected chi connectivity index (χ0v) is 13.7. The molecule has 0 radical (unpaired) electrons. The fraction of sp³-hybridized carbons (Fsp3) is 0.611. The van der Waals surface area contributed by atoms with Crippen molar-refractivity contribution in [2.75, 3.05) is 13.2 Å². The summed E-state index contributed by atoms with van der Waals surface area (Å²) in [4.78, 5) is 12.5. The first kappa shape index (κ1) is 16.8. The predicted molar refractivity (Wildman–Crippen MR) is 85.3 cm³/mol. The number of phenolic OH excluding ortho intramolecular Hbond substituents is 1. The minimum Gasteiger partial charge on any atom is -0.507 e. The molecule has 0 aromatic heterocycles. The van der Waals surface area contributed by atoms with E-state index in [-0.39, 0.29) is 11.3 Å². The van der Waals surface area contributed by atoms with E-state index in [4.69, 9.17) is 9.47 Å². The van der Waals surface area contributed by atoms with E-state index in [2.05, 4.69) is 13.8 Å². The molecule has 1 atom stereocenters. The summed E-state index contributed by atoms with van der Waals surface area (Å²) in [5, 5.41) is 10.0. The average molecular weight is 306 g/mol. The Labute approximate surface area is 132 Å². The summed E-state index contributed by atoms with van der Waals surface area (Å²) in [6.07, 6.45) is 3.16. The van der Waals surface area contributed by atoms with Crippen LogP contribution in [0.1, 0.15) is 68.3 Å². The Hall–Kier alpha value is -1.55. The van der Waals surface area contributed by atoms with E-state index >= 15 is 0 Å². The fourth-order valence-corrected chi connectivity index (χ4v) is 2.78. The highest BCUT2D eigenvalue weighted by Gasteiger charge is 2.35. The van der Waals surface area contributed by atoms with Crippen LogP contribution in [0.4, 0.5) is 0 Å². The van der Waals surface area contributed by atoms with Gasteiger partial charge in [0.2, 0.25) is 0 Å². The maximum Gasteiger partial charge on any atom is 0.342 e. The summed E-state index contributed by atoms with van der Waals surface area (Å²) in [5.41, 5.74) is 0.843. The molecule has 1 aliphatic rings. The molecule has 1 aliphatic heterocycles. The van der Waals surface area contributed by atoms with Crippen LogP contribution in [0.5, 0.6) is 5.75 Å². The van der Waals surface area contributed by atoms with Gasteiger partial charge in [-0.15, -0.1) is 0 Å². The number of aromatic hydroxyl groups is 1. The molecule has 2 rings (SSSR count). The molecule has 1 heterocycles. The molecule has 1 unspecified atom stereocenters. The summed E-state index contributed by atoms with van der Waals surface area (Å²) in [5.74, 6) is -0.114. The van der Waals surface area contributed by atoms with Gasteiger partial charge in [-0.1, -0.05) is 26.8 Å². The Morgan fingerprint density at radius 1 is 1.36 bits per heavy atom. The Balaban J connectivity index is 2.21. The van der Waals surface area contributed by atoms with Crippen LogP contribution in [-0.2, 0) is 9.47 Å². The molecule has 1 aromatic carbocycles. The highest BCUT2D eigenvalue weighted by molar-refractivity contribution is 5.93. The molecular formula is C18H26O4. The van der Waals surface area contributed by atoms with Crippen molar-refractivity contribution < 1.29 is 19.4 Å². The first-order valence-corrected chi connectivity index (χ1v) is 8.15. The number of phenols is 1. The van der Waals surface area contributed by atoms with Crippen molar-refractivity contribution in [1.29, 1.82) is 0 Å². The van der Waals surface area contributed by atoms with Crippen LogP contribution in [-0.4, -0.2) is 29.9 Å². The van der Waals surface area contributed by atoms with Gasteiger partial charge in [-0.2, -0.15) is 0 Å². The third-order valence-electron chi connectivity index (χ3n) is 4.78. The number of esters is 1. The van der Waals surface area contributed by atoms with Crippen molar-refractivity contribution in [3.05, 3.63) is 29.3 Å². The van der Waals surface area contributed by atoms with Gasteiger partial charge in [-0.25, -0.2) is 4.79 Å². The van der Waals surface area contributed by atoms with Crippen molar-refractivity contribution in [3.63, 3.8) is 0 Å². The molecule has 0 amide bonds. The summed E-state index contributed by atoms with van der Waals surface area (Å²) in [6.45, 7) is 7.45. The third kappa shape index (κ3) is 3.61. The summed E-state index contributed by atoms with van der Waals surface area (Å²) in [6, 6.07) is 5.21. The van der Waals surface area contributed by atoms with Gasteiger partial charge in [0.1, 0.15) is 16.9 Å². The molecule has 1 N–H and O–H groups in total. The maximum atomic E-state index is 12.5. The lowest BCUT2D eigenvalue weighted by Gasteiger charge is -2.35. The number of ether oxygens (including phenoxy) is 2. The standard InChI is InChI=1S/C18H26O4/c1-4-13(3)14-6-7-16(19)15(12-14)17(20)22-18(5-2)8-10-21-11-9-18/h6-7,12-13,19H,4-5,8-11H2,1-3H3. The van der Waals surface area contributed by atoms with Gasteiger partial charge in [0.15, 0.2) is 0 Å². The molecule has 1 saturated heterocycles. The van der Waals surface area contributed by atoms with Gasteiger partial charge in [0.05, 0.1) is 13.2 Å². The van der Waals surface area contributed by atoms with Crippen molar-refractivity contribution in [2.45, 2.75) is 58.0 Å². The van der Waals surface area contributed by atoms with E-state index in [1.807, 2.05) is 13.0 Å². The molecule has 122 valence electrons. The molecule has 1 fully saturated rings. The van der Waals surface area contributed by atoms with Crippen LogP contribution in [0.15, 0.2) is 18.2 Å². The number of carbonyl (C=O) groups is 1. The fourth-order valence-electron chi connectivity index (χ4n) is 2.78. The smallest absolute Gasteiger partial charge is 0.342 e. The van der Waals surface area contributed by atoms with Gasteiger partial charge in [-0.05, 0) is 36.5 Å². The van der Waals surface area contributed by atoms with E-state index in [1.54, 1.807) is 12.1 Å². The van der Waals surface area contributed by atoms with E-state index in [9.17, 15) is 9.90 Å². The SMILES string of the molecule is CCC(C)c1ccc(O)c(C(=O)OC2(CC)CCOCC2)c1. The van der Waals surface area contributed by atoms with Crippen LogP contribution in [0.3, 0.4) is 0 Å². The largest absolute Gasteiger partial charge is 0.507 e. The molecule has 0 saturated carbocycles. The lowest BCUT2D eigenvalue weighted by molar-refractivity contribution is -0.0811. The normalized spacial score (nSPS) is 18.7. The minimum absolute atomic E-state index is 0.0182. The van der Waals surface area contributed by atoms with Gasteiger partial charge in [-0.3, -0.25) is 0 Å². The third-order valence-corrected chi connectivity index (χ3v) is 4.78. The Morgan fingerprint density at radius 2 is 2.05 bits per heavy atom. The Morgan fingerprint density at radius 3 is 2.64 bits per heavy atom.